The van der Waals surface area contributed by atoms with E-state index in [1.807, 2.05) is 12.4 Å². The van der Waals surface area contributed by atoms with Crippen molar-refractivity contribution in [2.45, 2.75) is 18.5 Å². The van der Waals surface area contributed by atoms with Crippen LogP contribution in [0.1, 0.15) is 12.0 Å². The number of likely N-dealkylation sites (tertiary alicyclic amines) is 1. The molecule has 156 valence electrons. The summed E-state index contributed by atoms with van der Waals surface area (Å²) in [5.41, 5.74) is 4.42. The Morgan fingerprint density at radius 1 is 1.03 bits per heavy atom. The number of benzene rings is 1. The standard InChI is InChI=1S/C23H28N6O/c1-3-18(28-9-11-30-12-10-28)4-2-16(1)19-13-20-22(26-8-7-25-20)23(27-19)29-14-17-5-6-24-21(17)15-29/h1-4,7-8,13,17,21-22,24,26H,5-6,9-12,14-15H2. The van der Waals surface area contributed by atoms with Crippen LogP contribution < -0.4 is 15.5 Å². The molecule has 0 bridgehead atoms. The molecule has 0 spiro atoms. The summed E-state index contributed by atoms with van der Waals surface area (Å²) in [5, 5.41) is 7.12. The Morgan fingerprint density at radius 2 is 1.90 bits per heavy atom. The molecule has 5 aliphatic rings. The van der Waals surface area contributed by atoms with E-state index in [1.54, 1.807) is 0 Å². The van der Waals surface area contributed by atoms with Gasteiger partial charge in [0.15, 0.2) is 0 Å². The molecule has 5 heterocycles. The van der Waals surface area contributed by atoms with E-state index >= 15 is 0 Å². The molecule has 3 fully saturated rings. The second-order valence-electron chi connectivity index (χ2n) is 8.63. The van der Waals surface area contributed by atoms with Gasteiger partial charge >= 0.3 is 0 Å². The van der Waals surface area contributed by atoms with Crippen molar-refractivity contribution in [2.24, 2.45) is 15.9 Å². The van der Waals surface area contributed by atoms with Crippen molar-refractivity contribution in [3.05, 3.63) is 48.3 Å². The van der Waals surface area contributed by atoms with Crippen LogP contribution in [0.2, 0.25) is 0 Å². The summed E-state index contributed by atoms with van der Waals surface area (Å²) < 4.78 is 5.48. The number of ether oxygens (including phenoxy) is 1. The molecule has 3 saturated heterocycles. The molecule has 3 unspecified atom stereocenters. The van der Waals surface area contributed by atoms with Gasteiger partial charge in [0.25, 0.3) is 0 Å². The molecule has 0 radical (unpaired) electrons. The van der Waals surface area contributed by atoms with Gasteiger partial charge < -0.3 is 25.2 Å². The maximum absolute atomic E-state index is 5.48. The highest BCUT2D eigenvalue weighted by Gasteiger charge is 2.40. The van der Waals surface area contributed by atoms with Gasteiger partial charge in [-0.25, -0.2) is 4.99 Å². The zero-order valence-corrected chi connectivity index (χ0v) is 17.1. The quantitative estimate of drug-likeness (QED) is 0.781. The third-order valence-electron chi connectivity index (χ3n) is 6.86. The lowest BCUT2D eigenvalue weighted by Gasteiger charge is -2.33. The fraction of sp³-hybridized carbons (Fsp3) is 0.478. The van der Waals surface area contributed by atoms with Crippen LogP contribution in [-0.2, 0) is 4.74 Å². The van der Waals surface area contributed by atoms with Gasteiger partial charge in [-0.2, -0.15) is 0 Å². The van der Waals surface area contributed by atoms with Crippen molar-refractivity contribution in [2.75, 3.05) is 50.8 Å². The van der Waals surface area contributed by atoms with Crippen LogP contribution in [0, 0.1) is 5.92 Å². The number of amidine groups is 1. The van der Waals surface area contributed by atoms with Crippen LogP contribution in [0.3, 0.4) is 0 Å². The van der Waals surface area contributed by atoms with Crippen LogP contribution in [0.5, 0.6) is 0 Å². The number of rotatable bonds is 2. The molecular formula is C23H28N6O. The fourth-order valence-corrected chi connectivity index (χ4v) is 5.21. The monoisotopic (exact) mass is 404 g/mol. The first-order valence-corrected chi connectivity index (χ1v) is 11.1. The number of nitrogens with one attached hydrogen (secondary N) is 2. The molecular weight excluding hydrogens is 376 g/mol. The molecule has 0 amide bonds. The fourth-order valence-electron chi connectivity index (χ4n) is 5.21. The number of hydrogen-bond donors (Lipinski definition) is 2. The number of morpholine rings is 1. The van der Waals surface area contributed by atoms with Gasteiger partial charge in [0.05, 0.1) is 24.6 Å². The van der Waals surface area contributed by atoms with E-state index in [0.717, 1.165) is 74.7 Å². The summed E-state index contributed by atoms with van der Waals surface area (Å²) in [4.78, 5) is 14.7. The summed E-state index contributed by atoms with van der Waals surface area (Å²) in [7, 11) is 0. The van der Waals surface area contributed by atoms with Gasteiger partial charge in [-0.05, 0) is 37.1 Å². The Bertz CT molecular complexity index is 916. The van der Waals surface area contributed by atoms with E-state index in [0.29, 0.717) is 6.04 Å². The number of hydrogen-bond acceptors (Lipinski definition) is 7. The summed E-state index contributed by atoms with van der Waals surface area (Å²) >= 11 is 0. The predicted octanol–water partition coefficient (Wildman–Crippen LogP) is 1.45. The zero-order valence-electron chi connectivity index (χ0n) is 17.1. The van der Waals surface area contributed by atoms with Crippen LogP contribution in [-0.4, -0.2) is 74.5 Å². The highest BCUT2D eigenvalue weighted by molar-refractivity contribution is 6.21. The second-order valence-corrected chi connectivity index (χ2v) is 8.63. The van der Waals surface area contributed by atoms with Gasteiger partial charge in [0, 0.05) is 55.9 Å². The average Bonchev–Trinajstić information content (AvgIpc) is 3.42. The van der Waals surface area contributed by atoms with E-state index in [9.17, 15) is 0 Å². The Hall–Kier alpha value is -2.64. The third kappa shape index (κ3) is 3.22. The minimum Gasteiger partial charge on any atom is -0.378 e. The average molecular weight is 405 g/mol. The molecule has 1 aromatic carbocycles. The minimum atomic E-state index is 0.0465. The predicted molar refractivity (Wildman–Crippen MR) is 120 cm³/mol. The lowest BCUT2D eigenvalue weighted by atomic mass is 10.0. The van der Waals surface area contributed by atoms with Gasteiger partial charge in [0.1, 0.15) is 11.9 Å². The first kappa shape index (κ1) is 18.2. The summed E-state index contributed by atoms with van der Waals surface area (Å²) in [5.74, 6) is 1.83. The minimum absolute atomic E-state index is 0.0465. The molecule has 0 aromatic heterocycles. The van der Waals surface area contributed by atoms with Crippen molar-refractivity contribution < 1.29 is 4.74 Å². The van der Waals surface area contributed by atoms with E-state index in [-0.39, 0.29) is 6.04 Å². The van der Waals surface area contributed by atoms with Gasteiger partial charge in [-0.3, -0.25) is 4.99 Å². The summed E-state index contributed by atoms with van der Waals surface area (Å²) in [6.45, 7) is 6.76. The number of nitrogens with zero attached hydrogens (tertiary/aromatic N) is 4. The van der Waals surface area contributed by atoms with E-state index < -0.39 is 0 Å². The molecule has 6 rings (SSSR count). The zero-order chi connectivity index (χ0) is 19.9. The molecule has 7 nitrogen and oxygen atoms in total. The van der Waals surface area contributed by atoms with Crippen molar-refractivity contribution in [3.8, 4) is 0 Å². The van der Waals surface area contributed by atoms with Crippen LogP contribution in [0.15, 0.2) is 52.7 Å². The summed E-state index contributed by atoms with van der Waals surface area (Å²) in [6, 6.07) is 9.41. The highest BCUT2D eigenvalue weighted by atomic mass is 16.5. The Labute approximate surface area is 177 Å². The highest BCUT2D eigenvalue weighted by Crippen LogP contribution is 2.30. The first-order chi connectivity index (χ1) is 14.8. The van der Waals surface area contributed by atoms with Gasteiger partial charge in [0.2, 0.25) is 0 Å². The maximum atomic E-state index is 5.48. The van der Waals surface area contributed by atoms with Gasteiger partial charge in [-0.1, -0.05) is 12.1 Å². The SMILES string of the molecule is C1=CNC2C(=N1)C=C(c1ccc(N3CCOCC3)cc1)N=C2N1CC2CCNC2C1. The van der Waals surface area contributed by atoms with E-state index in [4.69, 9.17) is 9.73 Å². The smallest absolute Gasteiger partial charge is 0.134 e. The van der Waals surface area contributed by atoms with Crippen molar-refractivity contribution >= 4 is 22.9 Å². The molecule has 7 heteroatoms. The normalized spacial score (nSPS) is 30.3. The third-order valence-corrected chi connectivity index (χ3v) is 6.86. The maximum Gasteiger partial charge on any atom is 0.134 e. The van der Waals surface area contributed by atoms with Crippen molar-refractivity contribution in [1.29, 1.82) is 0 Å². The number of fused-ring (bicyclic) bond motifs is 2. The summed E-state index contributed by atoms with van der Waals surface area (Å²) in [6.07, 6.45) is 7.15. The molecule has 0 saturated carbocycles. The Kier molecular flexibility index (Phi) is 4.57. The second kappa shape index (κ2) is 7.56. The van der Waals surface area contributed by atoms with E-state index in [2.05, 4.69) is 55.8 Å². The molecule has 0 aliphatic carbocycles. The molecule has 30 heavy (non-hydrogen) atoms. The first-order valence-electron chi connectivity index (χ1n) is 11.1. The lowest BCUT2D eigenvalue weighted by Crippen LogP contribution is -2.51. The molecule has 1 aromatic rings. The van der Waals surface area contributed by atoms with E-state index in [1.165, 1.54) is 12.1 Å². The lowest BCUT2D eigenvalue weighted by molar-refractivity contribution is 0.122. The van der Waals surface area contributed by atoms with Crippen LogP contribution >= 0.6 is 0 Å². The van der Waals surface area contributed by atoms with Crippen molar-refractivity contribution in [1.82, 2.24) is 15.5 Å². The van der Waals surface area contributed by atoms with Crippen molar-refractivity contribution in [3.63, 3.8) is 0 Å². The number of aliphatic imine (C=N–C) groups is 2. The van der Waals surface area contributed by atoms with Crippen LogP contribution in [0.25, 0.3) is 5.70 Å². The van der Waals surface area contributed by atoms with Crippen LogP contribution in [0.4, 0.5) is 5.69 Å². The Balaban J connectivity index is 1.29. The molecule has 2 N–H and O–H groups in total. The van der Waals surface area contributed by atoms with Gasteiger partial charge in [-0.15, -0.1) is 0 Å². The Morgan fingerprint density at radius 3 is 2.73 bits per heavy atom. The molecule has 5 aliphatic heterocycles. The largest absolute Gasteiger partial charge is 0.378 e. The molecule has 3 atom stereocenters. The topological polar surface area (TPSA) is 64.5 Å². The number of anilines is 1.